The van der Waals surface area contributed by atoms with E-state index in [9.17, 15) is 4.79 Å². The number of amides is 1. The van der Waals surface area contributed by atoms with Crippen LogP contribution in [0.3, 0.4) is 0 Å². The third-order valence-electron chi connectivity index (χ3n) is 3.33. The predicted octanol–water partition coefficient (Wildman–Crippen LogP) is 2.60. The Labute approximate surface area is 138 Å². The third kappa shape index (κ3) is 3.81. The van der Waals surface area contributed by atoms with Gasteiger partial charge in [0.05, 0.1) is 16.3 Å². The lowest BCUT2D eigenvalue weighted by Crippen LogP contribution is -2.34. The number of carbonyl (C=O) groups excluding carboxylic acids is 1. The Bertz CT molecular complexity index is 796. The van der Waals surface area contributed by atoms with E-state index in [-0.39, 0.29) is 11.9 Å². The highest BCUT2D eigenvalue weighted by Crippen LogP contribution is 2.26. The minimum atomic E-state index is -0.197. The molecule has 1 amide bonds. The molecular weight excluding hydrogens is 310 g/mol. The van der Waals surface area contributed by atoms with Crippen molar-refractivity contribution in [2.24, 2.45) is 0 Å². The van der Waals surface area contributed by atoms with E-state index in [0.29, 0.717) is 12.1 Å². The zero-order valence-corrected chi connectivity index (χ0v) is 13.7. The molecule has 3 aromatic rings. The van der Waals surface area contributed by atoms with Gasteiger partial charge < -0.3 is 5.32 Å². The van der Waals surface area contributed by atoms with E-state index in [2.05, 4.69) is 25.5 Å². The fourth-order valence-corrected chi connectivity index (χ4v) is 3.07. The summed E-state index contributed by atoms with van der Waals surface area (Å²) >= 11 is 1.66. The zero-order chi connectivity index (χ0) is 16.2. The van der Waals surface area contributed by atoms with Crippen LogP contribution in [0, 0.1) is 6.92 Å². The molecule has 3 rings (SSSR count). The minimum Gasteiger partial charge on any atom is -0.348 e. The predicted molar refractivity (Wildman–Crippen MR) is 89.3 cm³/mol. The molecule has 0 fully saturated rings. The second kappa shape index (κ2) is 6.70. The zero-order valence-electron chi connectivity index (χ0n) is 12.9. The number of nitrogens with zero attached hydrogens (tertiary/aromatic N) is 3. The number of hydrogen-bond acceptors (Lipinski definition) is 5. The molecule has 0 spiro atoms. The van der Waals surface area contributed by atoms with Gasteiger partial charge in [-0.15, -0.1) is 11.3 Å². The second-order valence-electron chi connectivity index (χ2n) is 5.35. The quantitative estimate of drug-likeness (QED) is 0.754. The van der Waals surface area contributed by atoms with Crippen LogP contribution in [0.1, 0.15) is 28.0 Å². The molecule has 0 bridgehead atoms. The van der Waals surface area contributed by atoms with Crippen molar-refractivity contribution in [1.82, 2.24) is 25.5 Å². The molecule has 6 nitrogen and oxygen atoms in total. The van der Waals surface area contributed by atoms with Crippen LogP contribution in [0.2, 0.25) is 0 Å². The second-order valence-corrected chi connectivity index (χ2v) is 6.64. The summed E-state index contributed by atoms with van der Waals surface area (Å²) in [6.07, 6.45) is 5.60. The Morgan fingerprint density at radius 1 is 1.39 bits per heavy atom. The third-order valence-corrected chi connectivity index (χ3v) is 4.36. The normalized spacial score (nSPS) is 12.1. The fourth-order valence-electron chi connectivity index (χ4n) is 2.24. The lowest BCUT2D eigenvalue weighted by Gasteiger charge is -2.11. The number of aryl methyl sites for hydroxylation is 1. The van der Waals surface area contributed by atoms with E-state index in [1.54, 1.807) is 36.0 Å². The SMILES string of the molecule is Cc1ccc(-c2cc(C(=O)N[C@H](C)Cc3cnccn3)n[nH]2)s1. The van der Waals surface area contributed by atoms with Gasteiger partial charge in [0.25, 0.3) is 5.91 Å². The van der Waals surface area contributed by atoms with Crippen LogP contribution in [0.5, 0.6) is 0 Å². The van der Waals surface area contributed by atoms with Crippen LogP contribution in [0.15, 0.2) is 36.8 Å². The van der Waals surface area contributed by atoms with Gasteiger partial charge in [-0.1, -0.05) is 0 Å². The highest BCUT2D eigenvalue weighted by Gasteiger charge is 2.15. The molecule has 2 N–H and O–H groups in total. The van der Waals surface area contributed by atoms with Crippen molar-refractivity contribution >= 4 is 17.2 Å². The van der Waals surface area contributed by atoms with Crippen molar-refractivity contribution in [3.8, 4) is 10.6 Å². The monoisotopic (exact) mass is 327 g/mol. The Morgan fingerprint density at radius 3 is 2.96 bits per heavy atom. The molecule has 0 aliphatic heterocycles. The van der Waals surface area contributed by atoms with Crippen molar-refractivity contribution in [3.05, 3.63) is 53.1 Å². The molecule has 0 aliphatic rings. The fraction of sp³-hybridized carbons (Fsp3) is 0.250. The maximum atomic E-state index is 12.3. The first kappa shape index (κ1) is 15.4. The highest BCUT2D eigenvalue weighted by molar-refractivity contribution is 7.15. The number of aromatic amines is 1. The van der Waals surface area contributed by atoms with Crippen LogP contribution in [-0.2, 0) is 6.42 Å². The lowest BCUT2D eigenvalue weighted by molar-refractivity contribution is 0.0935. The molecule has 3 aromatic heterocycles. The van der Waals surface area contributed by atoms with E-state index in [1.807, 2.05) is 26.0 Å². The summed E-state index contributed by atoms with van der Waals surface area (Å²) in [4.78, 5) is 22.8. The summed E-state index contributed by atoms with van der Waals surface area (Å²) in [6, 6.07) is 5.79. The lowest BCUT2D eigenvalue weighted by atomic mass is 10.2. The van der Waals surface area contributed by atoms with Crippen LogP contribution in [0.25, 0.3) is 10.6 Å². The van der Waals surface area contributed by atoms with Crippen LogP contribution < -0.4 is 5.32 Å². The van der Waals surface area contributed by atoms with Crippen molar-refractivity contribution in [2.45, 2.75) is 26.3 Å². The smallest absolute Gasteiger partial charge is 0.272 e. The Balaban J connectivity index is 1.63. The maximum Gasteiger partial charge on any atom is 0.272 e. The standard InChI is InChI=1S/C16H17N5OS/c1-10(7-12-9-17-5-6-18-12)19-16(22)14-8-13(20-21-14)15-4-3-11(2)23-15/h3-6,8-10H,7H2,1-2H3,(H,19,22)(H,20,21)/t10-/m1/s1. The van der Waals surface area contributed by atoms with Gasteiger partial charge in [-0.05, 0) is 32.0 Å². The number of thiophene rings is 1. The molecular formula is C16H17N5OS. The Morgan fingerprint density at radius 2 is 2.26 bits per heavy atom. The molecule has 0 radical (unpaired) electrons. The van der Waals surface area contributed by atoms with Gasteiger partial charge in [0.15, 0.2) is 5.69 Å². The van der Waals surface area contributed by atoms with Gasteiger partial charge >= 0.3 is 0 Å². The van der Waals surface area contributed by atoms with Gasteiger partial charge in [0.1, 0.15) is 0 Å². The summed E-state index contributed by atoms with van der Waals surface area (Å²) in [5.41, 5.74) is 2.09. The number of aromatic nitrogens is 4. The number of nitrogens with one attached hydrogen (secondary N) is 2. The number of hydrogen-bond donors (Lipinski definition) is 2. The van der Waals surface area contributed by atoms with Gasteiger partial charge in [-0.25, -0.2) is 0 Å². The molecule has 0 unspecified atom stereocenters. The van der Waals surface area contributed by atoms with E-state index in [1.165, 1.54) is 4.88 Å². The van der Waals surface area contributed by atoms with Crippen molar-refractivity contribution in [1.29, 1.82) is 0 Å². The Kier molecular flexibility index (Phi) is 4.47. The van der Waals surface area contributed by atoms with E-state index < -0.39 is 0 Å². The maximum absolute atomic E-state index is 12.3. The van der Waals surface area contributed by atoms with E-state index in [0.717, 1.165) is 16.3 Å². The van der Waals surface area contributed by atoms with Crippen molar-refractivity contribution in [3.63, 3.8) is 0 Å². The van der Waals surface area contributed by atoms with E-state index in [4.69, 9.17) is 0 Å². The van der Waals surface area contributed by atoms with Crippen molar-refractivity contribution < 1.29 is 4.79 Å². The summed E-state index contributed by atoms with van der Waals surface area (Å²) < 4.78 is 0. The topological polar surface area (TPSA) is 83.6 Å². The largest absolute Gasteiger partial charge is 0.348 e. The molecule has 0 aliphatic carbocycles. The summed E-state index contributed by atoms with van der Waals surface area (Å²) in [5, 5.41) is 9.95. The van der Waals surface area contributed by atoms with Crippen LogP contribution >= 0.6 is 11.3 Å². The number of carbonyl (C=O) groups is 1. The number of rotatable bonds is 5. The van der Waals surface area contributed by atoms with E-state index >= 15 is 0 Å². The number of H-pyrrole nitrogens is 1. The first-order valence-corrected chi connectivity index (χ1v) is 8.11. The summed E-state index contributed by atoms with van der Waals surface area (Å²) in [6.45, 7) is 3.98. The minimum absolute atomic E-state index is 0.0525. The van der Waals surface area contributed by atoms with Gasteiger partial charge in [0.2, 0.25) is 0 Å². The van der Waals surface area contributed by atoms with Crippen LogP contribution in [0.4, 0.5) is 0 Å². The van der Waals surface area contributed by atoms with Gasteiger partial charge in [-0.3, -0.25) is 19.9 Å². The average Bonchev–Trinajstić information content (AvgIpc) is 3.16. The molecule has 0 aromatic carbocycles. The molecule has 118 valence electrons. The highest BCUT2D eigenvalue weighted by atomic mass is 32.1. The first-order chi connectivity index (χ1) is 11.1. The summed E-state index contributed by atoms with van der Waals surface area (Å²) in [7, 11) is 0. The molecule has 0 saturated heterocycles. The average molecular weight is 327 g/mol. The first-order valence-electron chi connectivity index (χ1n) is 7.30. The molecule has 1 atom stereocenters. The molecule has 3 heterocycles. The van der Waals surface area contributed by atoms with Crippen LogP contribution in [-0.4, -0.2) is 32.1 Å². The van der Waals surface area contributed by atoms with Crippen molar-refractivity contribution in [2.75, 3.05) is 0 Å². The van der Waals surface area contributed by atoms with Gasteiger partial charge in [-0.2, -0.15) is 5.10 Å². The molecule has 23 heavy (non-hydrogen) atoms. The Hall–Kier alpha value is -2.54. The van der Waals surface area contributed by atoms with Gasteiger partial charge in [0, 0.05) is 35.9 Å². The molecule has 0 saturated carbocycles. The molecule has 7 heteroatoms. The summed E-state index contributed by atoms with van der Waals surface area (Å²) in [5.74, 6) is -0.197.